The predicted octanol–water partition coefficient (Wildman–Crippen LogP) is 4.01. The Balaban J connectivity index is 1.58. The standard InChI is InChI=1S/C22H34FN3O3/c1-16(2)15-29-20-13-18(9-10-19(20)23)17(3)24-11-7-5-4-6-8-12-26-14-21(27)25-22(26)28/h9-10,13,16-17,24H,4-8,11-12,14-15H2,1-3H3,(H,25,27,28)/t17-/m1/s1. The zero-order valence-corrected chi connectivity index (χ0v) is 17.8. The number of carbonyl (C=O) groups is 2. The fourth-order valence-corrected chi connectivity index (χ4v) is 3.21. The fraction of sp³-hybridized carbons (Fsp3) is 0.636. The van der Waals surface area contributed by atoms with E-state index in [9.17, 15) is 14.0 Å². The molecule has 1 heterocycles. The molecular weight excluding hydrogens is 373 g/mol. The summed E-state index contributed by atoms with van der Waals surface area (Å²) >= 11 is 0. The number of halogens is 1. The SMILES string of the molecule is CC(C)COc1cc([C@@H](C)NCCCCCCCN2CC(=O)NC2=O)ccc1F. The molecule has 6 nitrogen and oxygen atoms in total. The summed E-state index contributed by atoms with van der Waals surface area (Å²) in [5.74, 6) is 0.133. The smallest absolute Gasteiger partial charge is 0.324 e. The normalized spacial score (nSPS) is 15.1. The maximum Gasteiger partial charge on any atom is 0.324 e. The number of unbranched alkanes of at least 4 members (excludes halogenated alkanes) is 4. The molecule has 3 amide bonds. The molecule has 1 atom stereocenters. The van der Waals surface area contributed by atoms with Gasteiger partial charge in [-0.1, -0.05) is 39.2 Å². The molecule has 2 rings (SSSR count). The first-order chi connectivity index (χ1) is 13.9. The van der Waals surface area contributed by atoms with E-state index in [0.29, 0.717) is 24.8 Å². The van der Waals surface area contributed by atoms with Crippen LogP contribution in [-0.4, -0.2) is 43.1 Å². The molecule has 29 heavy (non-hydrogen) atoms. The highest BCUT2D eigenvalue weighted by Gasteiger charge is 2.25. The molecular formula is C22H34FN3O3. The summed E-state index contributed by atoms with van der Waals surface area (Å²) in [6.07, 6.45) is 5.23. The van der Waals surface area contributed by atoms with E-state index in [4.69, 9.17) is 4.74 Å². The lowest BCUT2D eigenvalue weighted by Crippen LogP contribution is -2.29. The molecule has 1 aromatic rings. The van der Waals surface area contributed by atoms with Crippen LogP contribution in [-0.2, 0) is 4.79 Å². The number of urea groups is 1. The minimum absolute atomic E-state index is 0.128. The van der Waals surface area contributed by atoms with Crippen molar-refractivity contribution in [1.29, 1.82) is 0 Å². The highest BCUT2D eigenvalue weighted by molar-refractivity contribution is 6.01. The minimum atomic E-state index is -0.322. The number of benzene rings is 1. The lowest BCUT2D eigenvalue weighted by molar-refractivity contribution is -0.118. The van der Waals surface area contributed by atoms with Gasteiger partial charge in [0.1, 0.15) is 6.54 Å². The zero-order valence-electron chi connectivity index (χ0n) is 17.8. The van der Waals surface area contributed by atoms with Crippen molar-refractivity contribution in [3.8, 4) is 5.75 Å². The minimum Gasteiger partial charge on any atom is -0.490 e. The Hall–Kier alpha value is -2.15. The monoisotopic (exact) mass is 407 g/mol. The molecule has 0 bridgehead atoms. The summed E-state index contributed by atoms with van der Waals surface area (Å²) in [6.45, 7) is 8.37. The van der Waals surface area contributed by atoms with Gasteiger partial charge in [0.2, 0.25) is 5.91 Å². The predicted molar refractivity (Wildman–Crippen MR) is 111 cm³/mol. The number of hydrogen-bond donors (Lipinski definition) is 2. The Labute approximate surface area is 173 Å². The highest BCUT2D eigenvalue weighted by Crippen LogP contribution is 2.23. The van der Waals surface area contributed by atoms with Crippen molar-refractivity contribution in [3.05, 3.63) is 29.6 Å². The van der Waals surface area contributed by atoms with Gasteiger partial charge >= 0.3 is 6.03 Å². The van der Waals surface area contributed by atoms with E-state index in [-0.39, 0.29) is 30.3 Å². The van der Waals surface area contributed by atoms with Crippen molar-refractivity contribution in [2.45, 2.75) is 58.9 Å². The quantitative estimate of drug-likeness (QED) is 0.383. The lowest BCUT2D eigenvalue weighted by atomic mass is 10.1. The van der Waals surface area contributed by atoms with Crippen LogP contribution in [0.2, 0.25) is 0 Å². The topological polar surface area (TPSA) is 70.7 Å². The van der Waals surface area contributed by atoms with E-state index in [1.807, 2.05) is 13.8 Å². The van der Waals surface area contributed by atoms with Gasteiger partial charge < -0.3 is 15.0 Å². The van der Waals surface area contributed by atoms with E-state index in [1.165, 1.54) is 6.07 Å². The molecule has 1 aliphatic rings. The third-order valence-electron chi connectivity index (χ3n) is 4.95. The molecule has 162 valence electrons. The van der Waals surface area contributed by atoms with Crippen molar-refractivity contribution < 1.29 is 18.7 Å². The van der Waals surface area contributed by atoms with E-state index in [0.717, 1.165) is 44.2 Å². The van der Waals surface area contributed by atoms with Gasteiger partial charge in [-0.25, -0.2) is 9.18 Å². The largest absolute Gasteiger partial charge is 0.490 e. The van der Waals surface area contributed by atoms with Gasteiger partial charge in [-0.05, 0) is 49.9 Å². The fourth-order valence-electron chi connectivity index (χ4n) is 3.21. The third-order valence-corrected chi connectivity index (χ3v) is 4.95. The van der Waals surface area contributed by atoms with Crippen molar-refractivity contribution >= 4 is 11.9 Å². The molecule has 0 spiro atoms. The number of nitrogens with one attached hydrogen (secondary N) is 2. The number of carbonyl (C=O) groups excluding carboxylic acids is 2. The van der Waals surface area contributed by atoms with E-state index < -0.39 is 0 Å². The van der Waals surface area contributed by atoms with Crippen LogP contribution in [0.25, 0.3) is 0 Å². The summed E-state index contributed by atoms with van der Waals surface area (Å²) in [5, 5.41) is 5.77. The van der Waals surface area contributed by atoms with Crippen LogP contribution in [0.1, 0.15) is 64.5 Å². The molecule has 0 saturated carbocycles. The van der Waals surface area contributed by atoms with Crippen LogP contribution < -0.4 is 15.4 Å². The van der Waals surface area contributed by atoms with Crippen molar-refractivity contribution in [2.75, 3.05) is 26.2 Å². The second-order valence-corrected chi connectivity index (χ2v) is 8.11. The Bertz CT molecular complexity index is 681. The Morgan fingerprint density at radius 1 is 1.14 bits per heavy atom. The van der Waals surface area contributed by atoms with Crippen molar-refractivity contribution in [2.24, 2.45) is 5.92 Å². The Morgan fingerprint density at radius 2 is 1.86 bits per heavy atom. The van der Waals surface area contributed by atoms with Crippen LogP contribution in [0.15, 0.2) is 18.2 Å². The number of ether oxygens (including phenoxy) is 1. The van der Waals surface area contributed by atoms with Crippen LogP contribution in [0, 0.1) is 11.7 Å². The van der Waals surface area contributed by atoms with Crippen LogP contribution in [0.3, 0.4) is 0 Å². The molecule has 1 saturated heterocycles. The maximum absolute atomic E-state index is 13.9. The third kappa shape index (κ3) is 8.01. The Kier molecular flexibility index (Phi) is 9.38. The number of imide groups is 1. The summed E-state index contributed by atoms with van der Waals surface area (Å²) in [6, 6.07) is 4.91. The number of nitrogens with zero attached hydrogens (tertiary/aromatic N) is 1. The number of hydrogen-bond acceptors (Lipinski definition) is 4. The summed E-state index contributed by atoms with van der Waals surface area (Å²) in [5.41, 5.74) is 1.02. The molecule has 1 fully saturated rings. The number of rotatable bonds is 13. The van der Waals surface area contributed by atoms with Crippen LogP contribution in [0.5, 0.6) is 5.75 Å². The molecule has 0 aromatic heterocycles. The van der Waals surface area contributed by atoms with Crippen molar-refractivity contribution in [3.63, 3.8) is 0 Å². The second-order valence-electron chi connectivity index (χ2n) is 8.11. The highest BCUT2D eigenvalue weighted by atomic mass is 19.1. The summed E-state index contributed by atoms with van der Waals surface area (Å²) in [7, 11) is 0. The maximum atomic E-state index is 13.9. The van der Waals surface area contributed by atoms with Crippen LogP contribution in [0.4, 0.5) is 9.18 Å². The lowest BCUT2D eigenvalue weighted by Gasteiger charge is -2.17. The summed E-state index contributed by atoms with van der Waals surface area (Å²) in [4.78, 5) is 24.1. The van der Waals surface area contributed by atoms with E-state index in [2.05, 4.69) is 17.6 Å². The van der Waals surface area contributed by atoms with E-state index >= 15 is 0 Å². The molecule has 0 aliphatic carbocycles. The first-order valence-corrected chi connectivity index (χ1v) is 10.6. The Morgan fingerprint density at radius 3 is 2.55 bits per heavy atom. The van der Waals surface area contributed by atoms with Gasteiger partial charge in [-0.15, -0.1) is 0 Å². The van der Waals surface area contributed by atoms with Crippen LogP contribution >= 0.6 is 0 Å². The average molecular weight is 408 g/mol. The molecule has 2 N–H and O–H groups in total. The molecule has 0 unspecified atom stereocenters. The summed E-state index contributed by atoms with van der Waals surface area (Å²) < 4.78 is 19.5. The van der Waals surface area contributed by atoms with Gasteiger partial charge in [0.15, 0.2) is 11.6 Å². The first kappa shape index (κ1) is 23.1. The van der Waals surface area contributed by atoms with Gasteiger partial charge in [-0.2, -0.15) is 0 Å². The van der Waals surface area contributed by atoms with E-state index in [1.54, 1.807) is 17.0 Å². The molecule has 1 aliphatic heterocycles. The zero-order chi connectivity index (χ0) is 21.2. The second kappa shape index (κ2) is 11.8. The van der Waals surface area contributed by atoms with Gasteiger partial charge in [0.05, 0.1) is 6.61 Å². The average Bonchev–Trinajstić information content (AvgIpc) is 3.00. The molecule has 7 heteroatoms. The van der Waals surface area contributed by atoms with Gasteiger partial charge in [-0.3, -0.25) is 10.1 Å². The van der Waals surface area contributed by atoms with Crippen molar-refractivity contribution in [1.82, 2.24) is 15.5 Å². The van der Waals surface area contributed by atoms with Gasteiger partial charge in [0, 0.05) is 12.6 Å². The van der Waals surface area contributed by atoms with Gasteiger partial charge in [0.25, 0.3) is 0 Å². The number of amides is 3. The first-order valence-electron chi connectivity index (χ1n) is 10.6. The molecule has 0 radical (unpaired) electrons. The molecule has 1 aromatic carbocycles.